The first-order chi connectivity index (χ1) is 8.34. The van der Waals surface area contributed by atoms with Gasteiger partial charge in [-0.3, -0.25) is 0 Å². The van der Waals surface area contributed by atoms with Gasteiger partial charge in [-0.1, -0.05) is 12.1 Å². The zero-order valence-electron chi connectivity index (χ0n) is 10.2. The molecule has 1 aliphatic heterocycles. The summed E-state index contributed by atoms with van der Waals surface area (Å²) in [4.78, 5) is 0. The minimum absolute atomic E-state index is 0.829. The van der Waals surface area contributed by atoms with Crippen molar-refractivity contribution < 1.29 is 4.74 Å². The Balaban J connectivity index is 1.60. The Bertz CT molecular complexity index is 319. The number of rotatable bonds is 5. The largest absolute Gasteiger partial charge is 0.399 e. The summed E-state index contributed by atoms with van der Waals surface area (Å²) in [7, 11) is 0. The molecule has 1 aliphatic rings. The highest BCUT2D eigenvalue weighted by Gasteiger charge is 2.13. The third kappa shape index (κ3) is 4.60. The van der Waals surface area contributed by atoms with Crippen molar-refractivity contribution in [1.82, 2.24) is 0 Å². The van der Waals surface area contributed by atoms with Crippen molar-refractivity contribution in [3.8, 4) is 0 Å². The lowest BCUT2D eigenvalue weighted by Gasteiger charge is -2.21. The second-order valence-corrected chi connectivity index (χ2v) is 5.94. The highest BCUT2D eigenvalue weighted by Crippen LogP contribution is 2.23. The van der Waals surface area contributed by atoms with Crippen molar-refractivity contribution in [3.05, 3.63) is 29.8 Å². The van der Waals surface area contributed by atoms with Gasteiger partial charge in [0.1, 0.15) is 0 Å². The molecule has 0 unspecified atom stereocenters. The summed E-state index contributed by atoms with van der Waals surface area (Å²) >= 11 is 2.12. The molecule has 0 aromatic heterocycles. The second-order valence-electron chi connectivity index (χ2n) is 4.53. The monoisotopic (exact) mass is 251 g/mol. The molecule has 0 bridgehead atoms. The predicted molar refractivity (Wildman–Crippen MR) is 75.5 cm³/mol. The zero-order valence-corrected chi connectivity index (χ0v) is 11.0. The van der Waals surface area contributed by atoms with Gasteiger partial charge in [-0.15, -0.1) is 0 Å². The average molecular weight is 251 g/mol. The molecule has 0 radical (unpaired) electrons. The Kier molecular flexibility index (Phi) is 5.20. The predicted octanol–water partition coefficient (Wildman–Crippen LogP) is 3.11. The van der Waals surface area contributed by atoms with Gasteiger partial charge in [-0.2, -0.15) is 11.8 Å². The van der Waals surface area contributed by atoms with Crippen LogP contribution in [0.3, 0.4) is 0 Å². The molecule has 1 fully saturated rings. The second kappa shape index (κ2) is 6.92. The van der Waals surface area contributed by atoms with Crippen molar-refractivity contribution in [1.29, 1.82) is 0 Å². The Labute approximate surface area is 108 Å². The van der Waals surface area contributed by atoms with Crippen LogP contribution in [0.1, 0.15) is 24.8 Å². The van der Waals surface area contributed by atoms with E-state index in [1.54, 1.807) is 0 Å². The molecule has 2 rings (SSSR count). The SMILES string of the molecule is Nc1ccc(CCCSC2CCOCC2)cc1. The number of ether oxygens (including phenoxy) is 1. The van der Waals surface area contributed by atoms with E-state index < -0.39 is 0 Å². The summed E-state index contributed by atoms with van der Waals surface area (Å²) in [6.45, 7) is 1.91. The van der Waals surface area contributed by atoms with Gasteiger partial charge in [0.05, 0.1) is 0 Å². The molecule has 3 heteroatoms. The van der Waals surface area contributed by atoms with E-state index in [1.165, 1.54) is 30.6 Å². The molecular formula is C14H21NOS. The highest BCUT2D eigenvalue weighted by atomic mass is 32.2. The molecule has 0 spiro atoms. The van der Waals surface area contributed by atoms with Crippen molar-refractivity contribution in [2.24, 2.45) is 0 Å². The summed E-state index contributed by atoms with van der Waals surface area (Å²) in [5.41, 5.74) is 7.91. The lowest BCUT2D eigenvalue weighted by molar-refractivity contribution is 0.100. The molecule has 1 saturated heterocycles. The Morgan fingerprint density at radius 2 is 1.88 bits per heavy atom. The van der Waals surface area contributed by atoms with Crippen LogP contribution in [0, 0.1) is 0 Å². The van der Waals surface area contributed by atoms with E-state index >= 15 is 0 Å². The molecule has 0 amide bonds. The summed E-state index contributed by atoms with van der Waals surface area (Å²) < 4.78 is 5.36. The number of hydrogen-bond donors (Lipinski definition) is 1. The normalized spacial score (nSPS) is 17.2. The fourth-order valence-corrected chi connectivity index (χ4v) is 3.22. The van der Waals surface area contributed by atoms with Crippen molar-refractivity contribution in [2.45, 2.75) is 30.9 Å². The number of nitrogens with two attached hydrogens (primary N) is 1. The third-order valence-electron chi connectivity index (χ3n) is 3.11. The van der Waals surface area contributed by atoms with Gasteiger partial charge in [-0.05, 0) is 49.1 Å². The van der Waals surface area contributed by atoms with E-state index in [1.807, 2.05) is 12.1 Å². The van der Waals surface area contributed by atoms with Gasteiger partial charge >= 0.3 is 0 Å². The fourth-order valence-electron chi connectivity index (χ4n) is 2.05. The standard InChI is InChI=1S/C14H21NOS/c15-13-5-3-12(4-6-13)2-1-11-17-14-7-9-16-10-8-14/h3-6,14H,1-2,7-11,15H2. The number of benzene rings is 1. The van der Waals surface area contributed by atoms with Gasteiger partial charge in [0.15, 0.2) is 0 Å². The minimum Gasteiger partial charge on any atom is -0.399 e. The molecule has 1 aromatic carbocycles. The number of thioether (sulfide) groups is 1. The Morgan fingerprint density at radius 3 is 2.59 bits per heavy atom. The summed E-state index contributed by atoms with van der Waals surface area (Å²) in [6, 6.07) is 8.24. The molecule has 0 atom stereocenters. The zero-order chi connectivity index (χ0) is 11.9. The van der Waals surface area contributed by atoms with Crippen LogP contribution in [0.15, 0.2) is 24.3 Å². The van der Waals surface area contributed by atoms with Crippen molar-refractivity contribution >= 4 is 17.4 Å². The van der Waals surface area contributed by atoms with Crippen LogP contribution in [-0.2, 0) is 11.2 Å². The lowest BCUT2D eigenvalue weighted by atomic mass is 10.1. The van der Waals surface area contributed by atoms with Crippen LogP contribution >= 0.6 is 11.8 Å². The number of anilines is 1. The van der Waals surface area contributed by atoms with Gasteiger partial charge in [-0.25, -0.2) is 0 Å². The number of nitrogen functional groups attached to an aromatic ring is 1. The fraction of sp³-hybridized carbons (Fsp3) is 0.571. The minimum atomic E-state index is 0.829. The van der Waals surface area contributed by atoms with Crippen LogP contribution < -0.4 is 5.73 Å². The van der Waals surface area contributed by atoms with Crippen molar-refractivity contribution in [3.63, 3.8) is 0 Å². The van der Waals surface area contributed by atoms with Crippen LogP contribution in [-0.4, -0.2) is 24.2 Å². The van der Waals surface area contributed by atoms with E-state index in [0.717, 1.165) is 30.6 Å². The average Bonchev–Trinajstić information content (AvgIpc) is 2.38. The van der Waals surface area contributed by atoms with Crippen molar-refractivity contribution in [2.75, 3.05) is 24.7 Å². The maximum absolute atomic E-state index is 5.66. The first kappa shape index (κ1) is 12.8. The van der Waals surface area contributed by atoms with Crippen LogP contribution in [0.5, 0.6) is 0 Å². The van der Waals surface area contributed by atoms with Crippen LogP contribution in [0.4, 0.5) is 5.69 Å². The molecule has 17 heavy (non-hydrogen) atoms. The van der Waals surface area contributed by atoms with Gasteiger partial charge in [0.2, 0.25) is 0 Å². The molecule has 2 nitrogen and oxygen atoms in total. The number of aryl methyl sites for hydroxylation is 1. The molecule has 94 valence electrons. The molecule has 1 heterocycles. The maximum atomic E-state index is 5.66. The highest BCUT2D eigenvalue weighted by molar-refractivity contribution is 7.99. The van der Waals surface area contributed by atoms with Crippen LogP contribution in [0.2, 0.25) is 0 Å². The van der Waals surface area contributed by atoms with E-state index in [0.29, 0.717) is 0 Å². The van der Waals surface area contributed by atoms with E-state index in [2.05, 4.69) is 23.9 Å². The Morgan fingerprint density at radius 1 is 1.18 bits per heavy atom. The first-order valence-corrected chi connectivity index (χ1v) is 7.43. The summed E-state index contributed by atoms with van der Waals surface area (Å²) in [6.07, 6.45) is 4.88. The van der Waals surface area contributed by atoms with E-state index in [9.17, 15) is 0 Å². The Hall–Kier alpha value is -0.670. The number of hydrogen-bond acceptors (Lipinski definition) is 3. The molecule has 2 N–H and O–H groups in total. The molecule has 0 aliphatic carbocycles. The maximum Gasteiger partial charge on any atom is 0.0476 e. The molecule has 1 aromatic rings. The van der Waals surface area contributed by atoms with Gasteiger partial charge in [0.25, 0.3) is 0 Å². The lowest BCUT2D eigenvalue weighted by Crippen LogP contribution is -2.17. The molecular weight excluding hydrogens is 230 g/mol. The smallest absolute Gasteiger partial charge is 0.0476 e. The summed E-state index contributed by atoms with van der Waals surface area (Å²) in [5.74, 6) is 1.26. The molecule has 0 saturated carbocycles. The third-order valence-corrected chi connectivity index (χ3v) is 4.58. The van der Waals surface area contributed by atoms with Gasteiger partial charge in [0, 0.05) is 24.2 Å². The topological polar surface area (TPSA) is 35.2 Å². The van der Waals surface area contributed by atoms with E-state index in [4.69, 9.17) is 10.5 Å². The van der Waals surface area contributed by atoms with Gasteiger partial charge < -0.3 is 10.5 Å². The quantitative estimate of drug-likeness (QED) is 0.645. The van der Waals surface area contributed by atoms with E-state index in [-0.39, 0.29) is 0 Å². The summed E-state index contributed by atoms with van der Waals surface area (Å²) in [5, 5.41) is 0.829. The first-order valence-electron chi connectivity index (χ1n) is 6.38. The van der Waals surface area contributed by atoms with Crippen LogP contribution in [0.25, 0.3) is 0 Å².